The van der Waals surface area contributed by atoms with E-state index in [1.807, 2.05) is 6.07 Å². The molecule has 1 N–H and O–H groups in total. The third kappa shape index (κ3) is 2.56. The molecule has 2 aliphatic rings. The third-order valence-electron chi connectivity index (χ3n) is 4.15. The lowest BCUT2D eigenvalue weighted by molar-refractivity contribution is 0.0690. The summed E-state index contributed by atoms with van der Waals surface area (Å²) in [6.07, 6.45) is 5.52. The molecule has 2 fully saturated rings. The van der Waals surface area contributed by atoms with Gasteiger partial charge in [-0.25, -0.2) is 9.78 Å². The van der Waals surface area contributed by atoms with Crippen molar-refractivity contribution < 1.29 is 9.90 Å². The van der Waals surface area contributed by atoms with Gasteiger partial charge in [0.15, 0.2) is 0 Å². The van der Waals surface area contributed by atoms with Gasteiger partial charge in [-0.3, -0.25) is 4.90 Å². The van der Waals surface area contributed by atoms with Crippen LogP contribution in [0.3, 0.4) is 0 Å². The van der Waals surface area contributed by atoms with Gasteiger partial charge in [-0.1, -0.05) is 0 Å². The average molecular weight is 261 g/mol. The molecule has 3 heterocycles. The Kier molecular flexibility index (Phi) is 3.38. The van der Waals surface area contributed by atoms with E-state index in [1.165, 1.54) is 32.4 Å². The molecule has 19 heavy (non-hydrogen) atoms. The van der Waals surface area contributed by atoms with Crippen molar-refractivity contribution >= 4 is 11.7 Å². The Labute approximate surface area is 112 Å². The van der Waals surface area contributed by atoms with E-state index in [4.69, 9.17) is 5.11 Å². The Morgan fingerprint density at radius 2 is 2.05 bits per heavy atom. The molecule has 5 heteroatoms. The standard InChI is InChI=1S/C14H19N3O2/c18-14(19)13-4-3-11(9-15-13)17-8-5-12(10-17)16-6-1-2-7-16/h3-4,9,12H,1-2,5-8,10H2,(H,18,19). The molecule has 0 aliphatic carbocycles. The maximum absolute atomic E-state index is 10.8. The van der Waals surface area contributed by atoms with Crippen molar-refractivity contribution in [1.82, 2.24) is 9.88 Å². The third-order valence-corrected chi connectivity index (χ3v) is 4.15. The summed E-state index contributed by atoms with van der Waals surface area (Å²) in [5.41, 5.74) is 1.14. The lowest BCUT2D eigenvalue weighted by atomic mass is 10.2. The van der Waals surface area contributed by atoms with E-state index in [0.717, 1.165) is 18.8 Å². The first-order valence-electron chi connectivity index (χ1n) is 6.92. The summed E-state index contributed by atoms with van der Waals surface area (Å²) in [7, 11) is 0. The Morgan fingerprint density at radius 1 is 1.26 bits per heavy atom. The highest BCUT2D eigenvalue weighted by Gasteiger charge is 2.29. The number of hydrogen-bond donors (Lipinski definition) is 1. The van der Waals surface area contributed by atoms with Crippen molar-refractivity contribution in [3.63, 3.8) is 0 Å². The van der Waals surface area contributed by atoms with Gasteiger partial charge in [0.1, 0.15) is 5.69 Å². The first-order valence-corrected chi connectivity index (χ1v) is 6.92. The molecule has 102 valence electrons. The number of hydrogen-bond acceptors (Lipinski definition) is 4. The van der Waals surface area contributed by atoms with E-state index >= 15 is 0 Å². The quantitative estimate of drug-likeness (QED) is 0.892. The van der Waals surface area contributed by atoms with Gasteiger partial charge in [0.25, 0.3) is 0 Å². The number of nitrogens with zero attached hydrogens (tertiary/aromatic N) is 3. The predicted octanol–water partition coefficient (Wildman–Crippen LogP) is 1.45. The molecular weight excluding hydrogens is 242 g/mol. The fourth-order valence-corrected chi connectivity index (χ4v) is 3.08. The summed E-state index contributed by atoms with van der Waals surface area (Å²) < 4.78 is 0. The highest BCUT2D eigenvalue weighted by molar-refractivity contribution is 5.85. The van der Waals surface area contributed by atoms with Crippen LogP contribution in [0.4, 0.5) is 5.69 Å². The zero-order chi connectivity index (χ0) is 13.2. The Morgan fingerprint density at radius 3 is 2.68 bits per heavy atom. The molecule has 0 amide bonds. The topological polar surface area (TPSA) is 56.7 Å². The molecule has 2 saturated heterocycles. The average Bonchev–Trinajstić information content (AvgIpc) is 3.10. The molecule has 2 aliphatic heterocycles. The van der Waals surface area contributed by atoms with Crippen molar-refractivity contribution in [1.29, 1.82) is 0 Å². The minimum absolute atomic E-state index is 0.110. The number of pyridine rings is 1. The Balaban J connectivity index is 1.65. The zero-order valence-corrected chi connectivity index (χ0v) is 11.0. The van der Waals surface area contributed by atoms with Crippen molar-refractivity contribution in [3.8, 4) is 0 Å². The minimum atomic E-state index is -0.970. The molecule has 0 aromatic carbocycles. The molecule has 0 spiro atoms. The smallest absolute Gasteiger partial charge is 0.354 e. The van der Waals surface area contributed by atoms with Crippen molar-refractivity contribution in [3.05, 3.63) is 24.0 Å². The van der Waals surface area contributed by atoms with Crippen LogP contribution in [0.15, 0.2) is 18.3 Å². The number of rotatable bonds is 3. The van der Waals surface area contributed by atoms with E-state index in [-0.39, 0.29) is 5.69 Å². The van der Waals surface area contributed by atoms with Crippen LogP contribution in [-0.4, -0.2) is 53.2 Å². The maximum atomic E-state index is 10.8. The number of likely N-dealkylation sites (tertiary alicyclic amines) is 1. The van der Waals surface area contributed by atoms with Crippen molar-refractivity contribution in [2.75, 3.05) is 31.1 Å². The number of carboxylic acid groups (broad SMARTS) is 1. The van der Waals surface area contributed by atoms with E-state index in [1.54, 1.807) is 12.3 Å². The van der Waals surface area contributed by atoms with E-state index in [0.29, 0.717) is 6.04 Å². The van der Waals surface area contributed by atoms with Gasteiger partial charge in [0, 0.05) is 19.1 Å². The van der Waals surface area contributed by atoms with Gasteiger partial charge in [-0.15, -0.1) is 0 Å². The number of anilines is 1. The molecular formula is C14H19N3O2. The molecule has 1 aromatic rings. The lowest BCUT2D eigenvalue weighted by Gasteiger charge is -2.24. The van der Waals surface area contributed by atoms with Crippen LogP contribution in [0.5, 0.6) is 0 Å². The molecule has 0 bridgehead atoms. The second-order valence-corrected chi connectivity index (χ2v) is 5.34. The van der Waals surface area contributed by atoms with Crippen LogP contribution >= 0.6 is 0 Å². The molecule has 0 saturated carbocycles. The predicted molar refractivity (Wildman–Crippen MR) is 72.6 cm³/mol. The highest BCUT2D eigenvalue weighted by atomic mass is 16.4. The maximum Gasteiger partial charge on any atom is 0.354 e. The number of aromatic carboxylic acids is 1. The van der Waals surface area contributed by atoms with Crippen LogP contribution in [0.1, 0.15) is 29.8 Å². The van der Waals surface area contributed by atoms with Crippen LogP contribution in [-0.2, 0) is 0 Å². The molecule has 0 radical (unpaired) electrons. The molecule has 3 rings (SSSR count). The molecule has 1 unspecified atom stereocenters. The number of carbonyl (C=O) groups is 1. The Bertz CT molecular complexity index is 454. The monoisotopic (exact) mass is 261 g/mol. The fraction of sp³-hybridized carbons (Fsp3) is 0.571. The largest absolute Gasteiger partial charge is 0.477 e. The minimum Gasteiger partial charge on any atom is -0.477 e. The summed E-state index contributed by atoms with van der Waals surface area (Å²) in [5, 5.41) is 8.84. The second-order valence-electron chi connectivity index (χ2n) is 5.34. The van der Waals surface area contributed by atoms with Crippen molar-refractivity contribution in [2.24, 2.45) is 0 Å². The van der Waals surface area contributed by atoms with Gasteiger partial charge >= 0.3 is 5.97 Å². The van der Waals surface area contributed by atoms with Gasteiger partial charge in [-0.2, -0.15) is 0 Å². The fourth-order valence-electron chi connectivity index (χ4n) is 3.08. The van der Waals surface area contributed by atoms with Crippen LogP contribution in [0.25, 0.3) is 0 Å². The first kappa shape index (κ1) is 12.4. The normalized spacial score (nSPS) is 24.0. The van der Waals surface area contributed by atoms with Gasteiger partial charge < -0.3 is 10.0 Å². The van der Waals surface area contributed by atoms with E-state index < -0.39 is 5.97 Å². The first-order chi connectivity index (χ1) is 9.24. The molecule has 5 nitrogen and oxygen atoms in total. The zero-order valence-electron chi connectivity index (χ0n) is 11.0. The summed E-state index contributed by atoms with van der Waals surface area (Å²) in [4.78, 5) is 19.7. The van der Waals surface area contributed by atoms with Gasteiger partial charge in [-0.05, 0) is 44.5 Å². The summed E-state index contributed by atoms with van der Waals surface area (Å²) in [6.45, 7) is 4.53. The number of aromatic nitrogens is 1. The molecule has 1 atom stereocenters. The van der Waals surface area contributed by atoms with Crippen LogP contribution < -0.4 is 4.90 Å². The summed E-state index contributed by atoms with van der Waals surface area (Å²) in [6, 6.07) is 4.10. The van der Waals surface area contributed by atoms with Gasteiger partial charge in [0.2, 0.25) is 0 Å². The Hall–Kier alpha value is -1.62. The summed E-state index contributed by atoms with van der Waals surface area (Å²) in [5.74, 6) is -0.970. The number of carboxylic acids is 1. The molecule has 1 aromatic heterocycles. The lowest BCUT2D eigenvalue weighted by Crippen LogP contribution is -2.35. The van der Waals surface area contributed by atoms with E-state index in [9.17, 15) is 4.79 Å². The SMILES string of the molecule is O=C(O)c1ccc(N2CCC(N3CCCC3)C2)cn1. The van der Waals surface area contributed by atoms with E-state index in [2.05, 4.69) is 14.8 Å². The van der Waals surface area contributed by atoms with Gasteiger partial charge in [0.05, 0.1) is 11.9 Å². The summed E-state index contributed by atoms with van der Waals surface area (Å²) >= 11 is 0. The second kappa shape index (κ2) is 5.17. The van der Waals surface area contributed by atoms with Crippen LogP contribution in [0.2, 0.25) is 0 Å². The highest BCUT2D eigenvalue weighted by Crippen LogP contribution is 2.24. The van der Waals surface area contributed by atoms with Crippen LogP contribution in [0, 0.1) is 0 Å². The van der Waals surface area contributed by atoms with Crippen molar-refractivity contribution in [2.45, 2.75) is 25.3 Å².